The number of fused-ring (bicyclic) bond motifs is 1. The number of carbonyl (C=O) groups is 1. The molecule has 1 saturated heterocycles. The summed E-state index contributed by atoms with van der Waals surface area (Å²) in [7, 11) is 0. The molecule has 1 atom stereocenters. The zero-order chi connectivity index (χ0) is 22.9. The van der Waals surface area contributed by atoms with Crippen LogP contribution in [0.1, 0.15) is 35.0 Å². The summed E-state index contributed by atoms with van der Waals surface area (Å²) in [6.07, 6.45) is 2.62. The van der Waals surface area contributed by atoms with E-state index in [1.165, 1.54) is 29.3 Å². The van der Waals surface area contributed by atoms with Gasteiger partial charge in [0.2, 0.25) is 5.95 Å². The third-order valence-corrected chi connectivity index (χ3v) is 6.13. The van der Waals surface area contributed by atoms with Gasteiger partial charge in [0.1, 0.15) is 11.6 Å². The summed E-state index contributed by atoms with van der Waals surface area (Å²) >= 11 is 0. The molecule has 0 saturated carbocycles. The van der Waals surface area contributed by atoms with E-state index in [2.05, 4.69) is 37.2 Å². The van der Waals surface area contributed by atoms with Crippen LogP contribution in [0.4, 0.5) is 22.0 Å². The molecular weight excluding hydrogens is 427 g/mol. The quantitative estimate of drug-likeness (QED) is 0.541. The molecule has 1 fully saturated rings. The molecule has 1 amide bonds. The van der Waals surface area contributed by atoms with Crippen LogP contribution in [-0.2, 0) is 13.1 Å². The number of piperazine rings is 1. The fraction of sp³-hybridized carbons (Fsp3) is 0.364. The van der Waals surface area contributed by atoms with Gasteiger partial charge in [-0.2, -0.15) is 15.1 Å². The lowest BCUT2D eigenvalue weighted by Gasteiger charge is -2.38. The molecule has 11 heteroatoms. The Morgan fingerprint density at radius 2 is 2.06 bits per heavy atom. The number of amides is 1. The molecule has 3 N–H and O–H groups in total. The Hall–Kier alpha value is -3.57. The molecule has 10 nitrogen and oxygen atoms in total. The van der Waals surface area contributed by atoms with Crippen molar-refractivity contribution >= 4 is 23.5 Å². The van der Waals surface area contributed by atoms with Crippen molar-refractivity contribution in [1.29, 1.82) is 0 Å². The molecular formula is C22H25FN8O2. The highest BCUT2D eigenvalue weighted by molar-refractivity contribution is 6.04. The zero-order valence-corrected chi connectivity index (χ0v) is 18.2. The monoisotopic (exact) mass is 452 g/mol. The van der Waals surface area contributed by atoms with Crippen molar-refractivity contribution in [1.82, 2.24) is 25.2 Å². The summed E-state index contributed by atoms with van der Waals surface area (Å²) in [6.45, 7) is 4.95. The first-order valence-electron chi connectivity index (χ1n) is 10.9. The van der Waals surface area contributed by atoms with E-state index < -0.39 is 5.82 Å². The van der Waals surface area contributed by atoms with Crippen molar-refractivity contribution in [2.24, 2.45) is 0 Å². The summed E-state index contributed by atoms with van der Waals surface area (Å²) in [6, 6.07) is 7.38. The third kappa shape index (κ3) is 4.24. The van der Waals surface area contributed by atoms with Crippen LogP contribution in [0.15, 0.2) is 36.5 Å². The molecule has 4 heterocycles. The number of carbonyl (C=O) groups excluding carboxylic acids is 1. The van der Waals surface area contributed by atoms with Gasteiger partial charge in [0.25, 0.3) is 5.91 Å². The lowest BCUT2D eigenvalue weighted by atomic mass is 10.1. The largest absolute Gasteiger partial charge is 0.346 e. The predicted octanol–water partition coefficient (Wildman–Crippen LogP) is 2.40. The first-order chi connectivity index (χ1) is 16.0. The molecule has 2 aromatic heterocycles. The standard InChI is InChI=1S/C22H25FN8O2/c1-2-16-11-30(33)9-10-31(16)22-24-8-7-19(25-22)29-12-17-18(13-29)27-28-20(17)26-21(32)14-3-5-15(23)6-4-14/h3-8,16,33H,2,9-13H2,1H3,(H2,26,27,28,32). The Kier molecular flexibility index (Phi) is 5.65. The minimum absolute atomic E-state index is 0.141. The highest BCUT2D eigenvalue weighted by Gasteiger charge is 2.30. The number of nitrogens with one attached hydrogen (secondary N) is 2. The van der Waals surface area contributed by atoms with E-state index in [1.54, 1.807) is 6.20 Å². The predicted molar refractivity (Wildman–Crippen MR) is 120 cm³/mol. The average molecular weight is 452 g/mol. The van der Waals surface area contributed by atoms with Crippen molar-refractivity contribution in [2.45, 2.75) is 32.5 Å². The maximum atomic E-state index is 13.1. The number of aromatic nitrogens is 4. The number of halogens is 1. The van der Waals surface area contributed by atoms with E-state index in [-0.39, 0.29) is 11.9 Å². The van der Waals surface area contributed by atoms with E-state index >= 15 is 0 Å². The molecule has 1 aromatic carbocycles. The van der Waals surface area contributed by atoms with Gasteiger partial charge in [-0.25, -0.2) is 9.37 Å². The van der Waals surface area contributed by atoms with Crippen molar-refractivity contribution in [2.75, 3.05) is 34.8 Å². The van der Waals surface area contributed by atoms with E-state index in [1.807, 2.05) is 6.07 Å². The van der Waals surface area contributed by atoms with Gasteiger partial charge in [-0.05, 0) is 36.8 Å². The van der Waals surface area contributed by atoms with E-state index in [0.717, 1.165) is 23.5 Å². The number of nitrogens with zero attached hydrogens (tertiary/aromatic N) is 6. The first kappa shape index (κ1) is 21.3. The molecule has 0 aliphatic carbocycles. The van der Waals surface area contributed by atoms with Crippen molar-refractivity contribution in [3.05, 3.63) is 59.2 Å². The lowest BCUT2D eigenvalue weighted by molar-refractivity contribution is -0.103. The topological polar surface area (TPSA) is 114 Å². The number of H-pyrrole nitrogens is 1. The smallest absolute Gasteiger partial charge is 0.256 e. The second kappa shape index (κ2) is 8.75. The van der Waals surface area contributed by atoms with Gasteiger partial charge in [-0.1, -0.05) is 6.92 Å². The van der Waals surface area contributed by atoms with Crippen molar-refractivity contribution < 1.29 is 14.4 Å². The Morgan fingerprint density at radius 1 is 1.24 bits per heavy atom. The molecule has 0 bridgehead atoms. The van der Waals surface area contributed by atoms with Gasteiger partial charge in [-0.3, -0.25) is 9.89 Å². The molecule has 2 aliphatic rings. The summed E-state index contributed by atoms with van der Waals surface area (Å²) in [4.78, 5) is 26.0. The fourth-order valence-electron chi connectivity index (χ4n) is 4.29. The number of hydrogen-bond donors (Lipinski definition) is 3. The maximum absolute atomic E-state index is 13.1. The highest BCUT2D eigenvalue weighted by atomic mass is 19.1. The van der Waals surface area contributed by atoms with Crippen LogP contribution in [0.5, 0.6) is 0 Å². The average Bonchev–Trinajstić information content (AvgIpc) is 3.41. The van der Waals surface area contributed by atoms with Crippen LogP contribution in [0, 0.1) is 5.82 Å². The molecule has 0 radical (unpaired) electrons. The van der Waals surface area contributed by atoms with Gasteiger partial charge in [-0.15, -0.1) is 0 Å². The van der Waals surface area contributed by atoms with Gasteiger partial charge in [0.05, 0.1) is 18.8 Å². The second-order valence-corrected chi connectivity index (χ2v) is 8.23. The van der Waals surface area contributed by atoms with Crippen LogP contribution in [-0.4, -0.2) is 62.0 Å². The van der Waals surface area contributed by atoms with Crippen LogP contribution in [0.2, 0.25) is 0 Å². The van der Waals surface area contributed by atoms with Crippen LogP contribution in [0.3, 0.4) is 0 Å². The van der Waals surface area contributed by atoms with E-state index in [0.29, 0.717) is 50.1 Å². The minimum atomic E-state index is -0.393. The second-order valence-electron chi connectivity index (χ2n) is 8.23. The molecule has 3 aromatic rings. The Bertz CT molecular complexity index is 1150. The molecule has 2 aliphatic heterocycles. The zero-order valence-electron chi connectivity index (χ0n) is 18.2. The van der Waals surface area contributed by atoms with Gasteiger partial charge >= 0.3 is 0 Å². The van der Waals surface area contributed by atoms with Crippen LogP contribution in [0.25, 0.3) is 0 Å². The summed E-state index contributed by atoms with van der Waals surface area (Å²) < 4.78 is 13.1. The minimum Gasteiger partial charge on any atom is -0.346 e. The number of benzene rings is 1. The number of hydrogen-bond acceptors (Lipinski definition) is 8. The third-order valence-electron chi connectivity index (χ3n) is 6.13. The van der Waals surface area contributed by atoms with Crippen molar-refractivity contribution in [3.63, 3.8) is 0 Å². The molecule has 33 heavy (non-hydrogen) atoms. The number of rotatable bonds is 5. The van der Waals surface area contributed by atoms with Crippen molar-refractivity contribution in [3.8, 4) is 0 Å². The molecule has 5 rings (SSSR count). The van der Waals surface area contributed by atoms with Gasteiger partial charge in [0, 0.05) is 43.0 Å². The first-order valence-corrected chi connectivity index (χ1v) is 10.9. The number of hydroxylamine groups is 2. The van der Waals surface area contributed by atoms with E-state index in [4.69, 9.17) is 4.98 Å². The maximum Gasteiger partial charge on any atom is 0.256 e. The number of anilines is 3. The molecule has 0 spiro atoms. The molecule has 1 unspecified atom stereocenters. The Morgan fingerprint density at radius 3 is 2.85 bits per heavy atom. The highest BCUT2D eigenvalue weighted by Crippen LogP contribution is 2.31. The SMILES string of the molecule is CCC1CN(O)CCN1c1nccc(N2Cc3[nH]nc(NC(=O)c4ccc(F)cc4)c3C2)n1. The Labute approximate surface area is 190 Å². The fourth-order valence-corrected chi connectivity index (χ4v) is 4.29. The normalized spacial score (nSPS) is 18.5. The van der Waals surface area contributed by atoms with E-state index in [9.17, 15) is 14.4 Å². The van der Waals surface area contributed by atoms with Crippen LogP contribution >= 0.6 is 0 Å². The number of aromatic amines is 1. The molecule has 172 valence electrons. The lowest BCUT2D eigenvalue weighted by Crippen LogP contribution is -2.52. The van der Waals surface area contributed by atoms with Gasteiger partial charge < -0.3 is 20.3 Å². The van der Waals surface area contributed by atoms with Crippen LogP contribution < -0.4 is 15.1 Å². The summed E-state index contributed by atoms with van der Waals surface area (Å²) in [5.41, 5.74) is 2.16. The van der Waals surface area contributed by atoms with Gasteiger partial charge in [0.15, 0.2) is 5.82 Å². The summed E-state index contributed by atoms with van der Waals surface area (Å²) in [5, 5.41) is 21.2. The Balaban J connectivity index is 1.31. The summed E-state index contributed by atoms with van der Waals surface area (Å²) in [5.74, 6) is 1.14.